The molecule has 0 aromatic rings. The van der Waals surface area contributed by atoms with E-state index >= 15 is 0 Å². The second-order valence-corrected chi connectivity index (χ2v) is 7.31. The van der Waals surface area contributed by atoms with Crippen molar-refractivity contribution >= 4 is 29.9 Å². The molecule has 0 spiro atoms. The summed E-state index contributed by atoms with van der Waals surface area (Å²) in [5.74, 6) is 2.64. The van der Waals surface area contributed by atoms with Gasteiger partial charge in [-0.3, -0.25) is 4.99 Å². The average molecular weight is 434 g/mol. The number of hydrogen-bond acceptors (Lipinski definition) is 3. The van der Waals surface area contributed by atoms with E-state index in [-0.39, 0.29) is 24.0 Å². The van der Waals surface area contributed by atoms with Crippen LogP contribution in [0.15, 0.2) is 4.99 Å². The van der Waals surface area contributed by atoms with Gasteiger partial charge in [-0.25, -0.2) is 0 Å². The number of nitrogens with one attached hydrogen (secondary N) is 1. The molecule has 4 rings (SSSR count). The minimum Gasteiger partial charge on any atom is -0.374 e. The van der Waals surface area contributed by atoms with E-state index in [1.165, 1.54) is 38.8 Å². The third-order valence-electron chi connectivity index (χ3n) is 5.96. The van der Waals surface area contributed by atoms with Crippen LogP contribution in [-0.4, -0.2) is 73.8 Å². The molecule has 4 aliphatic heterocycles. The van der Waals surface area contributed by atoms with Crippen molar-refractivity contribution in [2.75, 3.05) is 45.8 Å². The van der Waals surface area contributed by atoms with Crippen molar-refractivity contribution in [2.45, 2.75) is 44.8 Å². The Morgan fingerprint density at radius 1 is 1.13 bits per heavy atom. The molecule has 0 aliphatic carbocycles. The lowest BCUT2D eigenvalue weighted by Crippen LogP contribution is -2.41. The lowest BCUT2D eigenvalue weighted by molar-refractivity contribution is 0.0767. The third kappa shape index (κ3) is 3.63. The number of fused-ring (bicyclic) bond motifs is 5. The Kier molecular flexibility index (Phi) is 6.07. The largest absolute Gasteiger partial charge is 0.374 e. The van der Waals surface area contributed by atoms with Gasteiger partial charge in [-0.1, -0.05) is 0 Å². The molecule has 0 radical (unpaired) electrons. The van der Waals surface area contributed by atoms with Crippen LogP contribution >= 0.6 is 24.0 Å². The standard InChI is InChI=1S/C17H30N4O.HI/c1-2-18-17(19-7-10-20-8-3-4-9-20)21-11-13-14(12-21)16-6-5-15(13)22-16;/h13-16H,2-12H2,1H3,(H,18,19);1H. The van der Waals surface area contributed by atoms with Crippen LogP contribution in [0.25, 0.3) is 0 Å². The number of ether oxygens (including phenoxy) is 1. The molecule has 4 heterocycles. The molecule has 0 saturated carbocycles. The zero-order valence-corrected chi connectivity index (χ0v) is 16.6. The van der Waals surface area contributed by atoms with Crippen molar-refractivity contribution in [2.24, 2.45) is 16.8 Å². The molecule has 4 atom stereocenters. The van der Waals surface area contributed by atoms with Crippen molar-refractivity contribution in [3.63, 3.8) is 0 Å². The molecule has 2 bridgehead atoms. The summed E-state index contributed by atoms with van der Waals surface area (Å²) < 4.78 is 6.08. The Morgan fingerprint density at radius 3 is 2.39 bits per heavy atom. The van der Waals surface area contributed by atoms with Gasteiger partial charge in [0.2, 0.25) is 0 Å². The summed E-state index contributed by atoms with van der Waals surface area (Å²) in [5, 5.41) is 3.51. The van der Waals surface area contributed by atoms with Crippen LogP contribution in [0.5, 0.6) is 0 Å². The summed E-state index contributed by atoms with van der Waals surface area (Å²) in [5.41, 5.74) is 0. The molecule has 4 unspecified atom stereocenters. The van der Waals surface area contributed by atoms with E-state index in [1.807, 2.05) is 0 Å². The average Bonchev–Trinajstić information content (AvgIpc) is 3.27. The van der Waals surface area contributed by atoms with Crippen LogP contribution in [0.4, 0.5) is 0 Å². The molecular formula is C17H31IN4O. The molecule has 23 heavy (non-hydrogen) atoms. The Balaban J connectivity index is 0.00000156. The van der Waals surface area contributed by atoms with E-state index in [9.17, 15) is 0 Å². The summed E-state index contributed by atoms with van der Waals surface area (Å²) in [4.78, 5) is 9.94. The number of guanidine groups is 1. The van der Waals surface area contributed by atoms with Gasteiger partial charge in [-0.15, -0.1) is 24.0 Å². The Hall–Kier alpha value is -0.0800. The zero-order chi connectivity index (χ0) is 14.9. The lowest BCUT2D eigenvalue weighted by Gasteiger charge is -2.23. The summed E-state index contributed by atoms with van der Waals surface area (Å²) in [7, 11) is 0. The number of hydrogen-bond donors (Lipinski definition) is 1. The minimum absolute atomic E-state index is 0. The molecule has 4 fully saturated rings. The van der Waals surface area contributed by atoms with Gasteiger partial charge in [0.15, 0.2) is 5.96 Å². The SMILES string of the molecule is CCNC(=NCCN1CCCC1)N1CC2C3CCC(O3)C2C1.I. The van der Waals surface area contributed by atoms with Crippen molar-refractivity contribution < 1.29 is 4.74 Å². The minimum atomic E-state index is 0. The van der Waals surface area contributed by atoms with E-state index in [0.29, 0.717) is 12.2 Å². The lowest BCUT2D eigenvalue weighted by atomic mass is 9.82. The second-order valence-electron chi connectivity index (χ2n) is 7.31. The number of aliphatic imine (C=N–C) groups is 1. The van der Waals surface area contributed by atoms with Gasteiger partial charge < -0.3 is 19.9 Å². The Labute approximate surface area is 157 Å². The second kappa shape index (κ2) is 7.87. The van der Waals surface area contributed by atoms with Gasteiger partial charge in [0.25, 0.3) is 0 Å². The molecule has 0 aromatic heterocycles. The maximum atomic E-state index is 6.08. The van der Waals surface area contributed by atoms with Crippen molar-refractivity contribution in [3.05, 3.63) is 0 Å². The summed E-state index contributed by atoms with van der Waals surface area (Å²) in [6.45, 7) is 9.98. The van der Waals surface area contributed by atoms with E-state index in [2.05, 4.69) is 22.0 Å². The fourth-order valence-electron chi connectivity index (χ4n) is 4.86. The number of likely N-dealkylation sites (tertiary alicyclic amines) is 2. The highest BCUT2D eigenvalue weighted by molar-refractivity contribution is 14.0. The van der Waals surface area contributed by atoms with Gasteiger partial charge in [-0.05, 0) is 45.7 Å². The highest BCUT2D eigenvalue weighted by Crippen LogP contribution is 2.47. The summed E-state index contributed by atoms with van der Waals surface area (Å²) in [6.07, 6.45) is 6.36. The highest BCUT2D eigenvalue weighted by Gasteiger charge is 2.53. The van der Waals surface area contributed by atoms with Crippen LogP contribution in [0.2, 0.25) is 0 Å². The topological polar surface area (TPSA) is 40.1 Å². The van der Waals surface area contributed by atoms with Crippen LogP contribution < -0.4 is 5.32 Å². The maximum Gasteiger partial charge on any atom is 0.193 e. The zero-order valence-electron chi connectivity index (χ0n) is 14.2. The molecule has 6 heteroatoms. The molecule has 1 N–H and O–H groups in total. The van der Waals surface area contributed by atoms with Gasteiger partial charge >= 0.3 is 0 Å². The Morgan fingerprint density at radius 2 is 1.78 bits per heavy atom. The van der Waals surface area contributed by atoms with E-state index < -0.39 is 0 Å². The van der Waals surface area contributed by atoms with Gasteiger partial charge in [0.05, 0.1) is 18.8 Å². The van der Waals surface area contributed by atoms with E-state index in [1.54, 1.807) is 0 Å². The predicted molar refractivity (Wildman–Crippen MR) is 104 cm³/mol. The highest BCUT2D eigenvalue weighted by atomic mass is 127. The number of rotatable bonds is 4. The normalized spacial score (nSPS) is 36.4. The first-order valence-electron chi connectivity index (χ1n) is 9.26. The van der Waals surface area contributed by atoms with Crippen LogP contribution in [0.1, 0.15) is 32.6 Å². The van der Waals surface area contributed by atoms with Crippen molar-refractivity contribution in [3.8, 4) is 0 Å². The first-order chi connectivity index (χ1) is 10.8. The van der Waals surface area contributed by atoms with Crippen LogP contribution in [0, 0.1) is 11.8 Å². The fourth-order valence-corrected chi connectivity index (χ4v) is 4.86. The van der Waals surface area contributed by atoms with Gasteiger partial charge in [0, 0.05) is 38.0 Å². The van der Waals surface area contributed by atoms with E-state index in [0.717, 1.165) is 50.5 Å². The monoisotopic (exact) mass is 434 g/mol. The quantitative estimate of drug-likeness (QED) is 0.416. The summed E-state index contributed by atoms with van der Waals surface area (Å²) >= 11 is 0. The number of halogens is 1. The van der Waals surface area contributed by atoms with E-state index in [4.69, 9.17) is 9.73 Å². The predicted octanol–water partition coefficient (Wildman–Crippen LogP) is 1.77. The Bertz CT molecular complexity index is 409. The summed E-state index contributed by atoms with van der Waals surface area (Å²) in [6, 6.07) is 0. The van der Waals surface area contributed by atoms with Crippen LogP contribution in [0.3, 0.4) is 0 Å². The van der Waals surface area contributed by atoms with Gasteiger partial charge in [0.1, 0.15) is 0 Å². The molecule has 5 nitrogen and oxygen atoms in total. The molecule has 0 amide bonds. The molecular weight excluding hydrogens is 403 g/mol. The molecule has 0 aromatic carbocycles. The molecule has 4 saturated heterocycles. The van der Waals surface area contributed by atoms with Gasteiger partial charge in [-0.2, -0.15) is 0 Å². The number of nitrogens with zero attached hydrogens (tertiary/aromatic N) is 3. The first kappa shape index (κ1) is 17.7. The molecule has 132 valence electrons. The van der Waals surface area contributed by atoms with Crippen molar-refractivity contribution in [1.82, 2.24) is 15.1 Å². The first-order valence-corrected chi connectivity index (χ1v) is 9.26. The fraction of sp³-hybridized carbons (Fsp3) is 0.941. The van der Waals surface area contributed by atoms with Crippen LogP contribution in [-0.2, 0) is 4.74 Å². The smallest absolute Gasteiger partial charge is 0.193 e. The third-order valence-corrected chi connectivity index (χ3v) is 5.96. The van der Waals surface area contributed by atoms with Crippen molar-refractivity contribution in [1.29, 1.82) is 0 Å². The molecule has 4 aliphatic rings. The maximum absolute atomic E-state index is 6.08.